The Balaban J connectivity index is 1.92. The lowest BCUT2D eigenvalue weighted by Gasteiger charge is -2.35. The number of nitrogens with zero attached hydrogens (tertiary/aromatic N) is 2. The first-order valence-corrected chi connectivity index (χ1v) is 10.5. The van der Waals surface area contributed by atoms with Crippen molar-refractivity contribution in [1.82, 2.24) is 9.21 Å². The van der Waals surface area contributed by atoms with Crippen molar-refractivity contribution in [2.45, 2.75) is 51.2 Å². The van der Waals surface area contributed by atoms with Crippen LogP contribution in [0.5, 0.6) is 0 Å². The lowest BCUT2D eigenvalue weighted by molar-refractivity contribution is 0.109. The summed E-state index contributed by atoms with van der Waals surface area (Å²) in [7, 11) is 0.121. The molecule has 0 spiro atoms. The van der Waals surface area contributed by atoms with E-state index in [-0.39, 0.29) is 6.54 Å². The minimum absolute atomic E-state index is 0.274. The predicted octanol–water partition coefficient (Wildman–Crippen LogP) is 2.45. The molecule has 1 aromatic rings. The second kappa shape index (κ2) is 8.99. The molecule has 1 unspecified atom stereocenters. The van der Waals surface area contributed by atoms with Crippen molar-refractivity contribution in [2.24, 2.45) is 0 Å². The molecule has 7 heteroatoms. The standard InChI is InChI=1S/C17H30N2O4S/c1-18(24(3,20)21)13-16-9-10-17(23-16)14-19-11-5-4-7-15(19)8-6-12-22-2/h9-10,15H,4-8,11-14H2,1-3H3. The van der Waals surface area contributed by atoms with E-state index in [1.54, 1.807) is 14.2 Å². The van der Waals surface area contributed by atoms with Crippen molar-refractivity contribution in [3.8, 4) is 0 Å². The fourth-order valence-electron chi connectivity index (χ4n) is 3.19. The lowest BCUT2D eigenvalue weighted by Crippen LogP contribution is -2.38. The molecule has 6 nitrogen and oxygen atoms in total. The molecule has 1 saturated heterocycles. The van der Waals surface area contributed by atoms with Gasteiger partial charge in [-0.3, -0.25) is 4.90 Å². The average Bonchev–Trinajstić information content (AvgIpc) is 2.95. The normalized spacial score (nSPS) is 19.9. The number of piperidine rings is 1. The summed E-state index contributed by atoms with van der Waals surface area (Å²) in [5.41, 5.74) is 0. The van der Waals surface area contributed by atoms with Crippen molar-refractivity contribution in [1.29, 1.82) is 0 Å². The number of hydrogen-bond donors (Lipinski definition) is 0. The summed E-state index contributed by atoms with van der Waals surface area (Å²) in [6.45, 7) is 2.97. The Hall–Kier alpha value is -0.890. The van der Waals surface area contributed by atoms with Gasteiger partial charge < -0.3 is 9.15 Å². The zero-order valence-corrected chi connectivity index (χ0v) is 15.8. The maximum absolute atomic E-state index is 11.5. The molecule has 1 aromatic heterocycles. The van der Waals surface area contributed by atoms with E-state index < -0.39 is 10.0 Å². The molecule has 1 aliphatic heterocycles. The van der Waals surface area contributed by atoms with E-state index in [1.807, 2.05) is 12.1 Å². The fraction of sp³-hybridized carbons (Fsp3) is 0.765. The number of hydrogen-bond acceptors (Lipinski definition) is 5. The quantitative estimate of drug-likeness (QED) is 0.635. The Labute approximate surface area is 145 Å². The number of furan rings is 1. The van der Waals surface area contributed by atoms with Crippen LogP contribution in [0, 0.1) is 0 Å². The number of ether oxygens (including phenoxy) is 1. The molecule has 0 radical (unpaired) electrons. The van der Waals surface area contributed by atoms with Gasteiger partial charge in [-0.2, -0.15) is 4.31 Å². The van der Waals surface area contributed by atoms with Gasteiger partial charge in [-0.1, -0.05) is 6.42 Å². The molecule has 0 N–H and O–H groups in total. The van der Waals surface area contributed by atoms with Gasteiger partial charge in [0.15, 0.2) is 0 Å². The largest absolute Gasteiger partial charge is 0.463 e. The van der Waals surface area contributed by atoms with Gasteiger partial charge in [0.2, 0.25) is 10.0 Å². The van der Waals surface area contributed by atoms with Crippen molar-refractivity contribution >= 4 is 10.0 Å². The van der Waals surface area contributed by atoms with E-state index in [4.69, 9.17) is 9.15 Å². The Morgan fingerprint density at radius 3 is 2.79 bits per heavy atom. The van der Waals surface area contributed by atoms with Crippen LogP contribution in [0.3, 0.4) is 0 Å². The fourth-order valence-corrected chi connectivity index (χ4v) is 3.55. The van der Waals surface area contributed by atoms with E-state index in [9.17, 15) is 8.42 Å². The van der Waals surface area contributed by atoms with Crippen LogP contribution in [-0.4, -0.2) is 57.2 Å². The molecule has 1 fully saturated rings. The van der Waals surface area contributed by atoms with E-state index in [1.165, 1.54) is 29.8 Å². The summed E-state index contributed by atoms with van der Waals surface area (Å²) in [5.74, 6) is 1.59. The first kappa shape index (κ1) is 19.4. The molecule has 0 amide bonds. The minimum Gasteiger partial charge on any atom is -0.463 e. The highest BCUT2D eigenvalue weighted by Crippen LogP contribution is 2.24. The Kier molecular flexibility index (Phi) is 7.28. The molecule has 0 saturated carbocycles. The van der Waals surface area contributed by atoms with Crippen LogP contribution in [0.15, 0.2) is 16.5 Å². The zero-order chi connectivity index (χ0) is 17.6. The molecule has 1 aliphatic rings. The topological polar surface area (TPSA) is 63.0 Å². The molecular formula is C17H30N2O4S. The van der Waals surface area contributed by atoms with Crippen LogP contribution in [-0.2, 0) is 27.8 Å². The van der Waals surface area contributed by atoms with Crippen LogP contribution in [0.1, 0.15) is 43.6 Å². The maximum Gasteiger partial charge on any atom is 0.211 e. The molecule has 138 valence electrons. The third-order valence-corrected chi connectivity index (χ3v) is 5.92. The van der Waals surface area contributed by atoms with Gasteiger partial charge >= 0.3 is 0 Å². The molecule has 0 bridgehead atoms. The van der Waals surface area contributed by atoms with Crippen LogP contribution in [0.4, 0.5) is 0 Å². The third-order valence-electron chi connectivity index (χ3n) is 4.66. The number of likely N-dealkylation sites (tertiary alicyclic amines) is 1. The van der Waals surface area contributed by atoms with Crippen molar-refractivity contribution in [3.05, 3.63) is 23.7 Å². The summed E-state index contributed by atoms with van der Waals surface area (Å²) in [4.78, 5) is 2.49. The van der Waals surface area contributed by atoms with Gasteiger partial charge in [-0.05, 0) is 44.4 Å². The maximum atomic E-state index is 11.5. The number of sulfonamides is 1. The van der Waals surface area contributed by atoms with Gasteiger partial charge in [0.05, 0.1) is 19.3 Å². The average molecular weight is 359 g/mol. The van der Waals surface area contributed by atoms with E-state index in [0.717, 1.165) is 38.3 Å². The molecule has 2 heterocycles. The molecule has 24 heavy (non-hydrogen) atoms. The van der Waals surface area contributed by atoms with Gasteiger partial charge in [-0.15, -0.1) is 0 Å². The molecule has 0 aromatic carbocycles. The summed E-state index contributed by atoms with van der Waals surface area (Å²) in [5, 5.41) is 0. The van der Waals surface area contributed by atoms with E-state index >= 15 is 0 Å². The molecule has 1 atom stereocenters. The minimum atomic E-state index is -3.19. The number of methoxy groups -OCH3 is 1. The van der Waals surface area contributed by atoms with Crippen LogP contribution < -0.4 is 0 Å². The Bertz CT molecular complexity index is 599. The predicted molar refractivity (Wildman–Crippen MR) is 94.2 cm³/mol. The van der Waals surface area contributed by atoms with Gasteiger partial charge in [0, 0.05) is 26.8 Å². The van der Waals surface area contributed by atoms with Crippen molar-refractivity contribution in [3.63, 3.8) is 0 Å². The highest BCUT2D eigenvalue weighted by Gasteiger charge is 2.23. The van der Waals surface area contributed by atoms with E-state index in [0.29, 0.717) is 11.8 Å². The van der Waals surface area contributed by atoms with Crippen LogP contribution in [0.2, 0.25) is 0 Å². The number of rotatable bonds is 9. The first-order chi connectivity index (χ1) is 11.4. The van der Waals surface area contributed by atoms with Crippen LogP contribution >= 0.6 is 0 Å². The Morgan fingerprint density at radius 1 is 1.33 bits per heavy atom. The van der Waals surface area contributed by atoms with Crippen LogP contribution in [0.25, 0.3) is 0 Å². The van der Waals surface area contributed by atoms with Gasteiger partial charge in [-0.25, -0.2) is 8.42 Å². The lowest BCUT2D eigenvalue weighted by atomic mass is 9.98. The second-order valence-electron chi connectivity index (χ2n) is 6.64. The SMILES string of the molecule is COCCCC1CCCCN1Cc1ccc(CN(C)S(C)(=O)=O)o1. The van der Waals surface area contributed by atoms with E-state index in [2.05, 4.69) is 4.90 Å². The van der Waals surface area contributed by atoms with Gasteiger partial charge in [0.1, 0.15) is 11.5 Å². The summed E-state index contributed by atoms with van der Waals surface area (Å²) < 4.78 is 35.3. The monoisotopic (exact) mass is 358 g/mol. The summed E-state index contributed by atoms with van der Waals surface area (Å²) in [6, 6.07) is 4.42. The van der Waals surface area contributed by atoms with Crippen molar-refractivity contribution < 1.29 is 17.6 Å². The highest BCUT2D eigenvalue weighted by molar-refractivity contribution is 7.88. The Morgan fingerprint density at radius 2 is 2.08 bits per heavy atom. The zero-order valence-electron chi connectivity index (χ0n) is 15.0. The smallest absolute Gasteiger partial charge is 0.211 e. The molecular weight excluding hydrogens is 328 g/mol. The summed E-state index contributed by atoms with van der Waals surface area (Å²) >= 11 is 0. The second-order valence-corrected chi connectivity index (χ2v) is 8.73. The van der Waals surface area contributed by atoms with Crippen molar-refractivity contribution in [2.75, 3.05) is 33.6 Å². The molecule has 0 aliphatic carbocycles. The third kappa shape index (κ3) is 5.88. The van der Waals surface area contributed by atoms with Gasteiger partial charge in [0.25, 0.3) is 0 Å². The molecule has 2 rings (SSSR count). The highest BCUT2D eigenvalue weighted by atomic mass is 32.2. The first-order valence-electron chi connectivity index (χ1n) is 8.62. The summed E-state index contributed by atoms with van der Waals surface area (Å²) in [6.07, 6.45) is 7.18.